The largest absolute Gasteiger partial charge is 0.454 e. The van der Waals surface area contributed by atoms with Gasteiger partial charge < -0.3 is 14.8 Å². The molecule has 0 atom stereocenters. The van der Waals surface area contributed by atoms with Crippen molar-refractivity contribution in [2.75, 3.05) is 6.79 Å². The number of hydrogen-bond donors (Lipinski definition) is 1. The van der Waals surface area contributed by atoms with Crippen LogP contribution in [0.2, 0.25) is 0 Å². The monoisotopic (exact) mass is 393 g/mol. The Morgan fingerprint density at radius 2 is 1.86 bits per heavy atom. The van der Waals surface area contributed by atoms with Gasteiger partial charge in [-0.2, -0.15) is 5.10 Å². The molecule has 1 amide bonds. The van der Waals surface area contributed by atoms with Gasteiger partial charge in [0.1, 0.15) is 5.82 Å². The third-order valence-corrected chi connectivity index (χ3v) is 5.36. The zero-order valence-electron chi connectivity index (χ0n) is 15.8. The van der Waals surface area contributed by atoms with Gasteiger partial charge in [-0.15, -0.1) is 0 Å². The van der Waals surface area contributed by atoms with Crippen molar-refractivity contribution in [2.24, 2.45) is 0 Å². The lowest BCUT2D eigenvalue weighted by Gasteiger charge is -2.14. The van der Waals surface area contributed by atoms with Crippen molar-refractivity contribution in [2.45, 2.75) is 32.2 Å². The van der Waals surface area contributed by atoms with Crippen LogP contribution in [0.5, 0.6) is 11.5 Å². The van der Waals surface area contributed by atoms with E-state index in [1.54, 1.807) is 16.8 Å². The molecular formula is C22H20FN3O3. The van der Waals surface area contributed by atoms with E-state index in [-0.39, 0.29) is 18.5 Å². The molecule has 29 heavy (non-hydrogen) atoms. The third kappa shape index (κ3) is 3.33. The molecule has 148 valence electrons. The van der Waals surface area contributed by atoms with Crippen LogP contribution >= 0.6 is 0 Å². The maximum Gasteiger partial charge on any atom is 0.272 e. The molecule has 0 saturated heterocycles. The number of ether oxygens (including phenoxy) is 2. The molecule has 1 N–H and O–H groups in total. The lowest BCUT2D eigenvalue weighted by Crippen LogP contribution is -2.24. The summed E-state index contributed by atoms with van der Waals surface area (Å²) < 4.78 is 25.8. The second kappa shape index (κ2) is 7.24. The maximum atomic E-state index is 13.3. The highest BCUT2D eigenvalue weighted by atomic mass is 19.1. The Morgan fingerprint density at radius 1 is 1.07 bits per heavy atom. The molecule has 0 bridgehead atoms. The highest BCUT2D eigenvalue weighted by molar-refractivity contribution is 5.94. The summed E-state index contributed by atoms with van der Waals surface area (Å²) in [4.78, 5) is 12.9. The molecule has 6 nitrogen and oxygen atoms in total. The van der Waals surface area contributed by atoms with E-state index in [0.717, 1.165) is 48.2 Å². The first-order valence-corrected chi connectivity index (χ1v) is 9.72. The van der Waals surface area contributed by atoms with E-state index >= 15 is 0 Å². The Labute approximate surface area is 167 Å². The first-order chi connectivity index (χ1) is 14.2. The molecule has 0 unspecified atom stereocenters. The smallest absolute Gasteiger partial charge is 0.272 e. The van der Waals surface area contributed by atoms with Gasteiger partial charge in [0.25, 0.3) is 5.91 Å². The van der Waals surface area contributed by atoms with E-state index in [1.807, 2.05) is 18.2 Å². The van der Waals surface area contributed by atoms with Crippen LogP contribution in [0, 0.1) is 5.82 Å². The van der Waals surface area contributed by atoms with Crippen LogP contribution in [0.4, 0.5) is 4.39 Å². The molecule has 1 aromatic heterocycles. The Morgan fingerprint density at radius 3 is 2.72 bits per heavy atom. The predicted octanol–water partition coefficient (Wildman–Crippen LogP) is 3.55. The Balaban J connectivity index is 1.40. The van der Waals surface area contributed by atoms with Crippen LogP contribution in [0.15, 0.2) is 42.5 Å². The molecule has 1 aliphatic heterocycles. The lowest BCUT2D eigenvalue weighted by molar-refractivity contribution is 0.0944. The number of aromatic nitrogens is 2. The van der Waals surface area contributed by atoms with Crippen LogP contribution in [0.1, 0.15) is 40.2 Å². The van der Waals surface area contributed by atoms with Crippen molar-refractivity contribution in [1.29, 1.82) is 0 Å². The lowest BCUT2D eigenvalue weighted by atomic mass is 9.95. The fraction of sp³-hybridized carbons (Fsp3) is 0.273. The summed E-state index contributed by atoms with van der Waals surface area (Å²) in [6.45, 7) is 0.589. The van der Waals surface area contributed by atoms with Crippen molar-refractivity contribution < 1.29 is 18.7 Å². The fourth-order valence-corrected chi connectivity index (χ4v) is 3.89. The number of halogens is 1. The molecule has 2 aromatic carbocycles. The van der Waals surface area contributed by atoms with E-state index in [2.05, 4.69) is 10.4 Å². The van der Waals surface area contributed by atoms with Gasteiger partial charge in [-0.25, -0.2) is 9.07 Å². The second-order valence-corrected chi connectivity index (χ2v) is 7.24. The molecule has 0 fully saturated rings. The summed E-state index contributed by atoms with van der Waals surface area (Å²) in [5, 5.41) is 7.56. The zero-order valence-corrected chi connectivity index (χ0v) is 15.8. The zero-order chi connectivity index (χ0) is 19.8. The Bertz CT molecular complexity index is 1080. The Hall–Kier alpha value is -3.35. The van der Waals surface area contributed by atoms with E-state index in [1.165, 1.54) is 12.1 Å². The average molecular weight is 393 g/mol. The second-order valence-electron chi connectivity index (χ2n) is 7.24. The minimum absolute atomic E-state index is 0.207. The number of carbonyl (C=O) groups is 1. The predicted molar refractivity (Wildman–Crippen MR) is 104 cm³/mol. The summed E-state index contributed by atoms with van der Waals surface area (Å²) in [5.74, 6) is 0.903. The van der Waals surface area contributed by atoms with Gasteiger partial charge in [-0.3, -0.25) is 4.79 Å². The summed E-state index contributed by atoms with van der Waals surface area (Å²) in [6.07, 6.45) is 3.77. The SMILES string of the molecule is O=C(NCc1ccc2c(c1)OCO2)c1nn(-c2ccc(F)cc2)c2c1CCCC2. The van der Waals surface area contributed by atoms with E-state index in [4.69, 9.17) is 9.47 Å². The normalized spacial score (nSPS) is 14.5. The minimum atomic E-state index is -0.295. The standard InChI is InChI=1S/C22H20FN3O3/c23-15-6-8-16(9-7-15)26-18-4-2-1-3-17(18)21(25-26)22(27)24-12-14-5-10-19-20(11-14)29-13-28-19/h5-11H,1-4,12-13H2,(H,24,27). The van der Waals surface area contributed by atoms with E-state index < -0.39 is 0 Å². The van der Waals surface area contributed by atoms with Gasteiger partial charge >= 0.3 is 0 Å². The number of nitrogens with zero attached hydrogens (tertiary/aromatic N) is 2. The molecule has 5 rings (SSSR count). The van der Waals surface area contributed by atoms with Crippen molar-refractivity contribution in [3.05, 3.63) is 70.8 Å². The van der Waals surface area contributed by atoms with Crippen molar-refractivity contribution >= 4 is 5.91 Å². The highest BCUT2D eigenvalue weighted by Crippen LogP contribution is 2.32. The van der Waals surface area contributed by atoms with Crippen LogP contribution in [0.3, 0.4) is 0 Å². The van der Waals surface area contributed by atoms with Gasteiger partial charge in [0.2, 0.25) is 6.79 Å². The molecule has 0 spiro atoms. The molecule has 2 heterocycles. The van der Waals surface area contributed by atoms with Gasteiger partial charge in [-0.05, 0) is 67.6 Å². The topological polar surface area (TPSA) is 65.4 Å². The summed E-state index contributed by atoms with van der Waals surface area (Å²) in [5.41, 5.74) is 4.17. The molecule has 1 aliphatic carbocycles. The van der Waals surface area contributed by atoms with Gasteiger partial charge in [-0.1, -0.05) is 6.07 Å². The molecule has 2 aliphatic rings. The number of carbonyl (C=O) groups excluding carboxylic acids is 1. The number of benzene rings is 2. The summed E-state index contributed by atoms with van der Waals surface area (Å²) >= 11 is 0. The summed E-state index contributed by atoms with van der Waals surface area (Å²) in [6, 6.07) is 11.8. The quantitative estimate of drug-likeness (QED) is 0.736. The third-order valence-electron chi connectivity index (χ3n) is 5.36. The molecular weight excluding hydrogens is 373 g/mol. The van der Waals surface area contributed by atoms with E-state index in [9.17, 15) is 9.18 Å². The van der Waals surface area contributed by atoms with Crippen molar-refractivity contribution in [3.8, 4) is 17.2 Å². The number of amides is 1. The Kier molecular flexibility index (Phi) is 4.42. The van der Waals surface area contributed by atoms with Crippen LogP contribution < -0.4 is 14.8 Å². The fourth-order valence-electron chi connectivity index (χ4n) is 3.89. The van der Waals surface area contributed by atoms with Gasteiger partial charge in [0.15, 0.2) is 17.2 Å². The van der Waals surface area contributed by atoms with Crippen molar-refractivity contribution in [3.63, 3.8) is 0 Å². The first kappa shape index (κ1) is 17.7. The number of nitrogens with one attached hydrogen (secondary N) is 1. The van der Waals surface area contributed by atoms with Crippen LogP contribution in [0.25, 0.3) is 5.69 Å². The number of fused-ring (bicyclic) bond motifs is 2. The van der Waals surface area contributed by atoms with Gasteiger partial charge in [0.05, 0.1) is 5.69 Å². The average Bonchev–Trinajstić information content (AvgIpc) is 3.37. The molecule has 0 saturated carbocycles. The van der Waals surface area contributed by atoms with Crippen molar-refractivity contribution in [1.82, 2.24) is 15.1 Å². The molecule has 0 radical (unpaired) electrons. The molecule has 3 aromatic rings. The summed E-state index contributed by atoms with van der Waals surface area (Å²) in [7, 11) is 0. The number of hydrogen-bond acceptors (Lipinski definition) is 4. The minimum Gasteiger partial charge on any atom is -0.454 e. The maximum absolute atomic E-state index is 13.3. The first-order valence-electron chi connectivity index (χ1n) is 9.72. The van der Waals surface area contributed by atoms with E-state index in [0.29, 0.717) is 23.7 Å². The van der Waals surface area contributed by atoms with Crippen LogP contribution in [-0.2, 0) is 19.4 Å². The highest BCUT2D eigenvalue weighted by Gasteiger charge is 2.25. The number of rotatable bonds is 4. The van der Waals surface area contributed by atoms with Crippen LogP contribution in [-0.4, -0.2) is 22.5 Å². The van der Waals surface area contributed by atoms with Gasteiger partial charge in [0, 0.05) is 17.8 Å². The molecule has 7 heteroatoms.